The van der Waals surface area contributed by atoms with E-state index in [0.29, 0.717) is 16.9 Å². The number of nitro benzene ring substituents is 1. The summed E-state index contributed by atoms with van der Waals surface area (Å²) in [6.45, 7) is 0.277. The first kappa shape index (κ1) is 17.5. The number of amides is 1. The Kier molecular flexibility index (Phi) is 4.63. The van der Waals surface area contributed by atoms with E-state index in [4.69, 9.17) is 4.42 Å². The van der Waals surface area contributed by atoms with Crippen LogP contribution in [0, 0.1) is 10.1 Å². The zero-order chi connectivity index (χ0) is 19.5. The molecule has 1 aliphatic rings. The lowest BCUT2D eigenvalue weighted by atomic mass is 10.1. The number of nitrogens with one attached hydrogen (secondary N) is 1. The van der Waals surface area contributed by atoms with Crippen LogP contribution in [0.3, 0.4) is 0 Å². The van der Waals surface area contributed by atoms with Gasteiger partial charge in [-0.1, -0.05) is 24.3 Å². The molecule has 0 saturated carbocycles. The molecule has 1 N–H and O–H groups in total. The van der Waals surface area contributed by atoms with Crippen molar-refractivity contribution in [2.75, 3.05) is 5.32 Å². The summed E-state index contributed by atoms with van der Waals surface area (Å²) in [5.74, 6) is 0.515. The number of furan rings is 1. The minimum Gasteiger partial charge on any atom is -0.467 e. The molecule has 4 rings (SSSR count). The number of hydrogen-bond acceptors (Lipinski definition) is 5. The van der Waals surface area contributed by atoms with Gasteiger partial charge >= 0.3 is 0 Å². The van der Waals surface area contributed by atoms with E-state index >= 15 is 0 Å². The van der Waals surface area contributed by atoms with Crippen LogP contribution in [0.2, 0.25) is 0 Å². The van der Waals surface area contributed by atoms with E-state index in [1.54, 1.807) is 59.7 Å². The molecule has 0 unspecified atom stereocenters. The summed E-state index contributed by atoms with van der Waals surface area (Å²) in [4.78, 5) is 25.5. The van der Waals surface area contributed by atoms with Crippen molar-refractivity contribution in [3.8, 4) is 0 Å². The van der Waals surface area contributed by atoms with Gasteiger partial charge in [0.15, 0.2) is 0 Å². The van der Waals surface area contributed by atoms with Crippen LogP contribution in [0.4, 0.5) is 11.4 Å². The molecule has 1 aliphatic heterocycles. The predicted molar refractivity (Wildman–Crippen MR) is 105 cm³/mol. The van der Waals surface area contributed by atoms with Gasteiger partial charge in [-0.05, 0) is 42.5 Å². The average molecular weight is 375 g/mol. The van der Waals surface area contributed by atoms with Crippen LogP contribution in [0.15, 0.2) is 77.4 Å². The topological polar surface area (TPSA) is 88.6 Å². The van der Waals surface area contributed by atoms with Crippen molar-refractivity contribution in [3.05, 3.63) is 100 Å². The van der Waals surface area contributed by atoms with E-state index in [1.807, 2.05) is 18.2 Å². The molecule has 140 valence electrons. The molecular weight excluding hydrogens is 358 g/mol. The van der Waals surface area contributed by atoms with E-state index in [2.05, 4.69) is 5.32 Å². The summed E-state index contributed by atoms with van der Waals surface area (Å²) in [6, 6.07) is 17.3. The number of fused-ring (bicyclic) bond motifs is 1. The first-order valence-corrected chi connectivity index (χ1v) is 8.74. The third-order valence-electron chi connectivity index (χ3n) is 4.56. The van der Waals surface area contributed by atoms with E-state index in [-0.39, 0.29) is 18.1 Å². The number of hydrogen-bond donors (Lipinski definition) is 1. The molecule has 1 aromatic heterocycles. The Labute approximate surface area is 161 Å². The third-order valence-corrected chi connectivity index (χ3v) is 4.56. The summed E-state index contributed by atoms with van der Waals surface area (Å²) in [6.07, 6.45) is 4.49. The van der Waals surface area contributed by atoms with Crippen molar-refractivity contribution in [3.63, 3.8) is 0 Å². The van der Waals surface area contributed by atoms with Crippen molar-refractivity contribution in [1.29, 1.82) is 0 Å². The highest BCUT2D eigenvalue weighted by Crippen LogP contribution is 2.28. The smallest absolute Gasteiger partial charge is 0.276 e. The Bertz CT molecular complexity index is 1040. The van der Waals surface area contributed by atoms with Crippen LogP contribution in [0.25, 0.3) is 6.08 Å². The second-order valence-corrected chi connectivity index (χ2v) is 6.32. The highest BCUT2D eigenvalue weighted by Gasteiger charge is 2.31. The number of anilines is 1. The number of nitro groups is 1. The fourth-order valence-corrected chi connectivity index (χ4v) is 3.20. The Morgan fingerprint density at radius 1 is 1.11 bits per heavy atom. The molecule has 1 atom stereocenters. The molecule has 0 bridgehead atoms. The van der Waals surface area contributed by atoms with Gasteiger partial charge in [0.25, 0.3) is 11.6 Å². The van der Waals surface area contributed by atoms with Gasteiger partial charge < -0.3 is 14.6 Å². The lowest BCUT2D eigenvalue weighted by Gasteiger charge is -2.35. The Hall–Kier alpha value is -3.87. The maximum atomic E-state index is 13.0. The molecule has 7 heteroatoms. The Morgan fingerprint density at radius 3 is 2.68 bits per heavy atom. The van der Waals surface area contributed by atoms with Crippen LogP contribution in [-0.2, 0) is 6.54 Å². The normalized spacial score (nSPS) is 16.1. The van der Waals surface area contributed by atoms with Crippen molar-refractivity contribution in [2.45, 2.75) is 12.7 Å². The van der Waals surface area contributed by atoms with Crippen LogP contribution < -0.4 is 5.32 Å². The molecule has 0 spiro atoms. The van der Waals surface area contributed by atoms with Crippen molar-refractivity contribution in [1.82, 2.24) is 4.90 Å². The van der Waals surface area contributed by atoms with E-state index in [0.717, 1.165) is 5.69 Å². The minimum absolute atomic E-state index is 0.0128. The van der Waals surface area contributed by atoms with Gasteiger partial charge in [-0.3, -0.25) is 14.9 Å². The van der Waals surface area contributed by atoms with Crippen LogP contribution in [0.5, 0.6) is 0 Å². The predicted octanol–water partition coefficient (Wildman–Crippen LogP) is 4.30. The monoisotopic (exact) mass is 375 g/mol. The second-order valence-electron chi connectivity index (χ2n) is 6.32. The van der Waals surface area contributed by atoms with Crippen molar-refractivity contribution >= 4 is 23.4 Å². The fourth-order valence-electron chi connectivity index (χ4n) is 3.20. The third kappa shape index (κ3) is 3.37. The number of rotatable bonds is 5. The summed E-state index contributed by atoms with van der Waals surface area (Å²) >= 11 is 0. The van der Waals surface area contributed by atoms with Gasteiger partial charge in [-0.15, -0.1) is 0 Å². The number of nitrogens with zero attached hydrogens (tertiary/aromatic N) is 2. The molecule has 0 aliphatic carbocycles. The average Bonchev–Trinajstić information content (AvgIpc) is 3.22. The van der Waals surface area contributed by atoms with E-state index in [1.165, 1.54) is 6.07 Å². The van der Waals surface area contributed by atoms with Crippen LogP contribution >= 0.6 is 0 Å². The molecule has 2 aromatic carbocycles. The first-order valence-electron chi connectivity index (χ1n) is 8.74. The van der Waals surface area contributed by atoms with Crippen LogP contribution in [0.1, 0.15) is 21.7 Å². The first-order chi connectivity index (χ1) is 13.6. The van der Waals surface area contributed by atoms with Crippen molar-refractivity contribution < 1.29 is 14.1 Å². The van der Waals surface area contributed by atoms with Crippen LogP contribution in [-0.4, -0.2) is 21.9 Å². The summed E-state index contributed by atoms with van der Waals surface area (Å²) in [5.41, 5.74) is 1.78. The number of carbonyl (C=O) groups excluding carboxylic acids is 1. The van der Waals surface area contributed by atoms with Gasteiger partial charge in [-0.25, -0.2) is 0 Å². The lowest BCUT2D eigenvalue weighted by Crippen LogP contribution is -2.47. The van der Waals surface area contributed by atoms with Gasteiger partial charge in [0.1, 0.15) is 11.9 Å². The summed E-state index contributed by atoms with van der Waals surface area (Å²) in [7, 11) is 0. The van der Waals surface area contributed by atoms with E-state index < -0.39 is 11.1 Å². The molecule has 0 saturated heterocycles. The standard InChI is InChI=1S/C21H17N3O4/c25-21-17-8-2-3-9-18(17)22-20(23(21)14-16-7-5-13-28-16)12-11-15-6-1-4-10-19(15)24(26)27/h1-13,20,22H,14H2/b12-11+/t20-/m0/s1. The van der Waals surface area contributed by atoms with Gasteiger partial charge in [0.2, 0.25) is 0 Å². The molecule has 2 heterocycles. The quantitative estimate of drug-likeness (QED) is 0.531. The number of carbonyl (C=O) groups is 1. The second kappa shape index (κ2) is 7.40. The summed E-state index contributed by atoms with van der Waals surface area (Å²) < 4.78 is 5.40. The molecule has 7 nitrogen and oxygen atoms in total. The van der Waals surface area contributed by atoms with Gasteiger partial charge in [0, 0.05) is 11.8 Å². The highest BCUT2D eigenvalue weighted by molar-refractivity contribution is 6.01. The van der Waals surface area contributed by atoms with E-state index in [9.17, 15) is 14.9 Å². The lowest BCUT2D eigenvalue weighted by molar-refractivity contribution is -0.385. The van der Waals surface area contributed by atoms with Crippen molar-refractivity contribution in [2.24, 2.45) is 0 Å². The number of benzene rings is 2. The Morgan fingerprint density at radius 2 is 1.89 bits per heavy atom. The molecule has 0 radical (unpaired) electrons. The summed E-state index contributed by atoms with van der Waals surface area (Å²) in [5, 5.41) is 14.6. The molecule has 0 fully saturated rings. The Balaban J connectivity index is 1.69. The highest BCUT2D eigenvalue weighted by atomic mass is 16.6. The zero-order valence-corrected chi connectivity index (χ0v) is 14.8. The number of para-hydroxylation sites is 2. The molecule has 28 heavy (non-hydrogen) atoms. The fraction of sp³-hybridized carbons (Fsp3) is 0.0952. The molecular formula is C21H17N3O4. The van der Waals surface area contributed by atoms with Gasteiger partial charge in [-0.2, -0.15) is 0 Å². The largest absolute Gasteiger partial charge is 0.467 e. The maximum absolute atomic E-state index is 13.0. The molecule has 1 amide bonds. The zero-order valence-electron chi connectivity index (χ0n) is 14.8. The SMILES string of the molecule is O=C1c2ccccc2N[C@H](/C=C/c2ccccc2[N+](=O)[O-])N1Cc1ccco1. The molecule has 3 aromatic rings. The maximum Gasteiger partial charge on any atom is 0.276 e. The minimum atomic E-state index is -0.479. The van der Waals surface area contributed by atoms with Gasteiger partial charge in [0.05, 0.1) is 28.9 Å².